The summed E-state index contributed by atoms with van der Waals surface area (Å²) >= 11 is 5.23. The molecule has 1 aliphatic heterocycles. The average Bonchev–Trinajstić information content (AvgIpc) is 2.75. The zero-order valence-corrected chi connectivity index (χ0v) is 17.7. The van der Waals surface area contributed by atoms with Gasteiger partial charge in [0.05, 0.1) is 34.1 Å². The highest BCUT2D eigenvalue weighted by Crippen LogP contribution is 2.39. The van der Waals surface area contributed by atoms with E-state index in [2.05, 4.69) is 5.32 Å². The molecule has 3 rings (SSSR count). The van der Waals surface area contributed by atoms with Crippen molar-refractivity contribution in [3.8, 4) is 23.0 Å². The van der Waals surface area contributed by atoms with Gasteiger partial charge >= 0.3 is 0 Å². The lowest BCUT2D eigenvalue weighted by molar-refractivity contribution is -0.122. The molecule has 0 atom stereocenters. The van der Waals surface area contributed by atoms with Crippen LogP contribution in [0, 0.1) is 0 Å². The predicted octanol–water partition coefficient (Wildman–Crippen LogP) is 2.55. The van der Waals surface area contributed by atoms with E-state index in [0.717, 1.165) is 0 Å². The number of ether oxygens (including phenoxy) is 4. The molecule has 1 N–H and O–H groups in total. The summed E-state index contributed by atoms with van der Waals surface area (Å²) in [4.78, 5) is 27.0. The fourth-order valence-corrected chi connectivity index (χ4v) is 3.32. The number of hydrogen-bond donors (Lipinski definition) is 1. The minimum Gasteiger partial charge on any atom is -0.495 e. The molecule has 2 aromatic rings. The van der Waals surface area contributed by atoms with Crippen LogP contribution in [0.5, 0.6) is 23.0 Å². The molecular weight excluding hydrogens is 408 g/mol. The SMILES string of the molecule is COc1ccccc1N1C(=O)/C(=C/c2cc(OC)c(OC)c(OC)c2)C(=O)NC1=S. The van der Waals surface area contributed by atoms with Gasteiger partial charge in [-0.25, -0.2) is 4.90 Å². The topological polar surface area (TPSA) is 86.3 Å². The number of carbonyl (C=O) groups excluding carboxylic acids is 2. The number of para-hydroxylation sites is 2. The van der Waals surface area contributed by atoms with Gasteiger partial charge in [0.1, 0.15) is 11.3 Å². The normalized spacial score (nSPS) is 15.1. The largest absolute Gasteiger partial charge is 0.495 e. The summed E-state index contributed by atoms with van der Waals surface area (Å²) in [5.74, 6) is 0.440. The molecule has 30 heavy (non-hydrogen) atoms. The van der Waals surface area contributed by atoms with Crippen molar-refractivity contribution in [2.75, 3.05) is 33.3 Å². The Balaban J connectivity index is 2.09. The first-order chi connectivity index (χ1) is 14.4. The van der Waals surface area contributed by atoms with Crippen molar-refractivity contribution >= 4 is 40.9 Å². The number of nitrogens with one attached hydrogen (secondary N) is 1. The van der Waals surface area contributed by atoms with Crippen molar-refractivity contribution in [3.63, 3.8) is 0 Å². The van der Waals surface area contributed by atoms with E-state index in [4.69, 9.17) is 31.2 Å². The highest BCUT2D eigenvalue weighted by Gasteiger charge is 2.35. The second kappa shape index (κ2) is 8.83. The number of thiocarbonyl (C=S) groups is 1. The Kier molecular flexibility index (Phi) is 6.22. The molecule has 1 fully saturated rings. The summed E-state index contributed by atoms with van der Waals surface area (Å²) in [5.41, 5.74) is 0.824. The quantitative estimate of drug-likeness (QED) is 0.430. The number of benzene rings is 2. The maximum atomic E-state index is 13.2. The van der Waals surface area contributed by atoms with E-state index < -0.39 is 11.8 Å². The predicted molar refractivity (Wildman–Crippen MR) is 115 cm³/mol. The van der Waals surface area contributed by atoms with E-state index in [9.17, 15) is 9.59 Å². The van der Waals surface area contributed by atoms with Crippen molar-refractivity contribution in [2.24, 2.45) is 0 Å². The van der Waals surface area contributed by atoms with Gasteiger partial charge in [0.15, 0.2) is 16.6 Å². The first-order valence-corrected chi connectivity index (χ1v) is 9.20. The Morgan fingerprint density at radius 3 is 2.07 bits per heavy atom. The molecule has 0 spiro atoms. The van der Waals surface area contributed by atoms with Crippen LogP contribution in [-0.4, -0.2) is 45.4 Å². The third-order valence-corrected chi connectivity index (χ3v) is 4.71. The summed E-state index contributed by atoms with van der Waals surface area (Å²) < 4.78 is 21.3. The van der Waals surface area contributed by atoms with E-state index in [0.29, 0.717) is 34.2 Å². The molecule has 0 aliphatic carbocycles. The van der Waals surface area contributed by atoms with E-state index >= 15 is 0 Å². The maximum absolute atomic E-state index is 13.2. The number of nitrogens with zero attached hydrogens (tertiary/aromatic N) is 1. The molecule has 0 bridgehead atoms. The molecule has 0 aromatic heterocycles. The monoisotopic (exact) mass is 428 g/mol. The van der Waals surface area contributed by atoms with Gasteiger partial charge in [0.2, 0.25) is 5.75 Å². The summed E-state index contributed by atoms with van der Waals surface area (Å²) in [5, 5.41) is 2.52. The van der Waals surface area contributed by atoms with Crippen LogP contribution >= 0.6 is 12.2 Å². The van der Waals surface area contributed by atoms with Gasteiger partial charge in [-0.05, 0) is 48.1 Å². The van der Waals surface area contributed by atoms with Crippen molar-refractivity contribution in [3.05, 3.63) is 47.5 Å². The standard InChI is InChI=1S/C21H20N2O6S/c1-26-15-8-6-5-7-14(15)23-20(25)13(19(24)22-21(23)30)9-12-10-16(27-2)18(29-4)17(11-12)28-3/h5-11H,1-4H3,(H,22,24,30)/b13-9+. The number of rotatable bonds is 6. The molecule has 0 saturated carbocycles. The van der Waals surface area contributed by atoms with E-state index in [1.807, 2.05) is 0 Å². The summed E-state index contributed by atoms with van der Waals surface area (Å²) in [6, 6.07) is 10.2. The molecule has 1 heterocycles. The zero-order valence-electron chi connectivity index (χ0n) is 16.8. The van der Waals surface area contributed by atoms with E-state index in [1.54, 1.807) is 36.4 Å². The highest BCUT2D eigenvalue weighted by molar-refractivity contribution is 7.80. The van der Waals surface area contributed by atoms with E-state index in [1.165, 1.54) is 39.4 Å². The van der Waals surface area contributed by atoms with Crippen molar-refractivity contribution in [2.45, 2.75) is 0 Å². The Morgan fingerprint density at radius 2 is 1.50 bits per heavy atom. The molecule has 156 valence electrons. The molecule has 2 amide bonds. The number of amides is 2. The van der Waals surface area contributed by atoms with Crippen LogP contribution in [0.3, 0.4) is 0 Å². The Labute approximate surface area is 179 Å². The van der Waals surface area contributed by atoms with Crippen LogP contribution in [-0.2, 0) is 9.59 Å². The minimum absolute atomic E-state index is 0.0310. The molecule has 2 aromatic carbocycles. The number of anilines is 1. The van der Waals surface area contributed by atoms with Crippen molar-refractivity contribution < 1.29 is 28.5 Å². The molecule has 0 radical (unpaired) electrons. The first-order valence-electron chi connectivity index (χ1n) is 8.79. The number of carbonyl (C=O) groups is 2. The van der Waals surface area contributed by atoms with Crippen LogP contribution < -0.4 is 29.2 Å². The van der Waals surface area contributed by atoms with Gasteiger partial charge in [-0.2, -0.15) is 0 Å². The van der Waals surface area contributed by atoms with Crippen molar-refractivity contribution in [1.82, 2.24) is 5.32 Å². The lowest BCUT2D eigenvalue weighted by Gasteiger charge is -2.29. The van der Waals surface area contributed by atoms with Gasteiger partial charge in [-0.1, -0.05) is 12.1 Å². The van der Waals surface area contributed by atoms with Crippen molar-refractivity contribution in [1.29, 1.82) is 0 Å². The Bertz CT molecular complexity index is 1020. The minimum atomic E-state index is -0.607. The molecule has 1 saturated heterocycles. The second-order valence-corrected chi connectivity index (χ2v) is 6.48. The maximum Gasteiger partial charge on any atom is 0.270 e. The van der Waals surface area contributed by atoms with Crippen LogP contribution in [0.1, 0.15) is 5.56 Å². The van der Waals surface area contributed by atoms with Gasteiger partial charge < -0.3 is 18.9 Å². The van der Waals surface area contributed by atoms with Gasteiger partial charge in [-0.15, -0.1) is 0 Å². The zero-order chi connectivity index (χ0) is 21.8. The van der Waals surface area contributed by atoms with E-state index in [-0.39, 0.29) is 10.7 Å². The van der Waals surface area contributed by atoms with Crippen LogP contribution in [0.25, 0.3) is 6.08 Å². The number of hydrogen-bond acceptors (Lipinski definition) is 7. The molecule has 9 heteroatoms. The highest BCUT2D eigenvalue weighted by atomic mass is 32.1. The molecule has 8 nitrogen and oxygen atoms in total. The lowest BCUT2D eigenvalue weighted by Crippen LogP contribution is -2.54. The average molecular weight is 428 g/mol. The number of methoxy groups -OCH3 is 4. The molecule has 1 aliphatic rings. The molecular formula is C21H20N2O6S. The Hall–Kier alpha value is -3.59. The fraction of sp³-hybridized carbons (Fsp3) is 0.190. The lowest BCUT2D eigenvalue weighted by atomic mass is 10.1. The third kappa shape index (κ3) is 3.79. The molecule has 0 unspecified atom stereocenters. The van der Waals surface area contributed by atoms with Gasteiger partial charge in [0.25, 0.3) is 11.8 Å². The smallest absolute Gasteiger partial charge is 0.270 e. The van der Waals surface area contributed by atoms with Crippen LogP contribution in [0.15, 0.2) is 42.0 Å². The van der Waals surface area contributed by atoms with Crippen LogP contribution in [0.2, 0.25) is 0 Å². The third-order valence-electron chi connectivity index (χ3n) is 4.43. The van der Waals surface area contributed by atoms with Gasteiger partial charge in [-0.3, -0.25) is 14.9 Å². The summed E-state index contributed by atoms with van der Waals surface area (Å²) in [6.45, 7) is 0. The fourth-order valence-electron chi connectivity index (χ4n) is 3.04. The summed E-state index contributed by atoms with van der Waals surface area (Å²) in [7, 11) is 5.94. The Morgan fingerprint density at radius 1 is 0.900 bits per heavy atom. The first kappa shape index (κ1) is 21.1. The van der Waals surface area contributed by atoms with Crippen LogP contribution in [0.4, 0.5) is 5.69 Å². The second-order valence-electron chi connectivity index (χ2n) is 6.09. The summed E-state index contributed by atoms with van der Waals surface area (Å²) in [6.07, 6.45) is 1.44. The van der Waals surface area contributed by atoms with Gasteiger partial charge in [0, 0.05) is 0 Å².